The molecule has 2 N–H and O–H groups in total. The van der Waals surface area contributed by atoms with Gasteiger partial charge in [0.1, 0.15) is 0 Å². The molecule has 4 rings (SSSR count). The Morgan fingerprint density at radius 2 is 1.05 bits per heavy atom. The van der Waals surface area contributed by atoms with Crippen LogP contribution in [0, 0.1) is 0 Å². The van der Waals surface area contributed by atoms with E-state index in [2.05, 4.69) is 19.9 Å². The lowest BCUT2D eigenvalue weighted by molar-refractivity contribution is 1.17. The zero-order valence-electron chi connectivity index (χ0n) is 11.5. The summed E-state index contributed by atoms with van der Waals surface area (Å²) in [5, 5.41) is 1.27. The van der Waals surface area contributed by atoms with E-state index in [1.807, 2.05) is 36.4 Å². The van der Waals surface area contributed by atoms with Crippen molar-refractivity contribution in [3.8, 4) is 0 Å². The Labute approximate surface area is 124 Å². The van der Waals surface area contributed by atoms with Gasteiger partial charge in [-0.1, -0.05) is 24.3 Å². The van der Waals surface area contributed by atoms with Crippen molar-refractivity contribution in [2.75, 3.05) is 0 Å². The van der Waals surface area contributed by atoms with Crippen LogP contribution in [0.5, 0.6) is 0 Å². The van der Waals surface area contributed by atoms with Gasteiger partial charge in [-0.2, -0.15) is 0 Å². The lowest BCUT2D eigenvalue weighted by atomic mass is 10.2. The van der Waals surface area contributed by atoms with Crippen molar-refractivity contribution < 1.29 is 0 Å². The highest BCUT2D eigenvalue weighted by Gasteiger charge is 1.95. The van der Waals surface area contributed by atoms with Gasteiger partial charge in [0.2, 0.25) is 0 Å². The summed E-state index contributed by atoms with van der Waals surface area (Å²) in [6, 6.07) is 14.5. The molecule has 0 aliphatic carbocycles. The Bertz CT molecular complexity index is 941. The van der Waals surface area contributed by atoms with Gasteiger partial charge in [0.15, 0.2) is 0 Å². The molecule has 108 valence electrons. The maximum atomic E-state index is 11.1. The Hall–Kier alpha value is -3.28. The van der Waals surface area contributed by atoms with Crippen molar-refractivity contribution in [3.05, 3.63) is 81.9 Å². The summed E-state index contributed by atoms with van der Waals surface area (Å²) >= 11 is 0. The van der Waals surface area contributed by atoms with E-state index in [0.717, 1.165) is 11.0 Å². The molecule has 0 bridgehead atoms. The van der Waals surface area contributed by atoms with Crippen LogP contribution in [0.15, 0.2) is 70.8 Å². The van der Waals surface area contributed by atoms with E-state index in [1.165, 1.54) is 12.7 Å². The van der Waals surface area contributed by atoms with E-state index in [1.54, 1.807) is 12.1 Å². The molecule has 4 aromatic rings. The fraction of sp³-hybridized carbons (Fsp3) is 0. The van der Waals surface area contributed by atoms with Crippen LogP contribution in [0.4, 0.5) is 0 Å². The maximum Gasteiger partial charge on any atom is 0.258 e. The molecule has 0 fully saturated rings. The van der Waals surface area contributed by atoms with Crippen molar-refractivity contribution in [1.29, 1.82) is 0 Å². The minimum absolute atomic E-state index is 0.0874. The molecule has 0 aliphatic heterocycles. The van der Waals surface area contributed by atoms with Crippen molar-refractivity contribution in [3.63, 3.8) is 0 Å². The van der Waals surface area contributed by atoms with Crippen LogP contribution in [0.25, 0.3) is 21.8 Å². The highest BCUT2D eigenvalue weighted by atomic mass is 16.1. The zero-order chi connectivity index (χ0) is 15.4. The fourth-order valence-corrected chi connectivity index (χ4v) is 2.03. The third-order valence-corrected chi connectivity index (χ3v) is 3.10. The molecule has 6 nitrogen and oxygen atoms in total. The number of hydrogen-bond acceptors (Lipinski definition) is 4. The second-order valence-electron chi connectivity index (χ2n) is 4.50. The number of nitrogens with zero attached hydrogens (tertiary/aromatic N) is 2. The molecule has 0 unspecified atom stereocenters. The zero-order valence-corrected chi connectivity index (χ0v) is 11.5. The second kappa shape index (κ2) is 6.01. The van der Waals surface area contributed by atoms with Gasteiger partial charge < -0.3 is 9.97 Å². The Morgan fingerprint density at radius 1 is 0.636 bits per heavy atom. The highest BCUT2D eigenvalue weighted by Crippen LogP contribution is 2.03. The van der Waals surface area contributed by atoms with Gasteiger partial charge in [-0.25, -0.2) is 9.97 Å². The number of fused-ring (bicyclic) bond motifs is 2. The summed E-state index contributed by atoms with van der Waals surface area (Å²) in [6.45, 7) is 0. The summed E-state index contributed by atoms with van der Waals surface area (Å²) in [5.41, 5.74) is 1.29. The van der Waals surface area contributed by atoms with E-state index < -0.39 is 0 Å². The normalized spacial score (nSPS) is 10.2. The quantitative estimate of drug-likeness (QED) is 0.517. The lowest BCUT2D eigenvalue weighted by Crippen LogP contribution is -2.05. The first-order chi connectivity index (χ1) is 10.8. The predicted molar refractivity (Wildman–Crippen MR) is 84.7 cm³/mol. The van der Waals surface area contributed by atoms with E-state index >= 15 is 0 Å². The number of aromatic nitrogens is 4. The summed E-state index contributed by atoms with van der Waals surface area (Å²) in [5.74, 6) is 0. The van der Waals surface area contributed by atoms with Crippen LogP contribution >= 0.6 is 0 Å². The van der Waals surface area contributed by atoms with Gasteiger partial charge in [-0.05, 0) is 24.3 Å². The third-order valence-electron chi connectivity index (χ3n) is 3.10. The number of nitrogens with one attached hydrogen (secondary N) is 2. The average molecular weight is 292 g/mol. The van der Waals surface area contributed by atoms with Crippen molar-refractivity contribution >= 4 is 21.8 Å². The standard InChI is InChI=1S/2C8H6N2O/c2*11-8-6-3-1-2-4-7(6)9-5-10-8/h2*1-5H,(H,9,10,11). The molecule has 0 aliphatic rings. The molecule has 6 heteroatoms. The summed E-state index contributed by atoms with van der Waals surface area (Å²) in [6.07, 6.45) is 2.81. The van der Waals surface area contributed by atoms with Crippen LogP contribution in [0.3, 0.4) is 0 Å². The Balaban J connectivity index is 0.000000131. The monoisotopic (exact) mass is 292 g/mol. The first-order valence-corrected chi connectivity index (χ1v) is 6.60. The van der Waals surface area contributed by atoms with Crippen LogP contribution in [0.2, 0.25) is 0 Å². The number of aromatic amines is 2. The van der Waals surface area contributed by atoms with Gasteiger partial charge in [-0.3, -0.25) is 9.59 Å². The van der Waals surface area contributed by atoms with Crippen LogP contribution in [-0.2, 0) is 0 Å². The number of para-hydroxylation sites is 2. The molecule has 22 heavy (non-hydrogen) atoms. The molecule has 0 saturated carbocycles. The average Bonchev–Trinajstić information content (AvgIpc) is 2.57. The second-order valence-corrected chi connectivity index (χ2v) is 4.50. The molecular weight excluding hydrogens is 280 g/mol. The molecule has 0 spiro atoms. The molecule has 0 amide bonds. The fourth-order valence-electron chi connectivity index (χ4n) is 2.03. The predicted octanol–water partition coefficient (Wildman–Crippen LogP) is 1.85. The SMILES string of the molecule is O=c1[nH]cnc2ccccc12.O=c1[nH]cnc2ccccc12. The summed E-state index contributed by atoms with van der Waals surface area (Å²) in [7, 11) is 0. The minimum atomic E-state index is -0.0874. The molecule has 0 saturated heterocycles. The van der Waals surface area contributed by atoms with E-state index in [4.69, 9.17) is 0 Å². The van der Waals surface area contributed by atoms with Crippen molar-refractivity contribution in [2.45, 2.75) is 0 Å². The highest BCUT2D eigenvalue weighted by molar-refractivity contribution is 5.77. The largest absolute Gasteiger partial charge is 0.313 e. The lowest BCUT2D eigenvalue weighted by Gasteiger charge is -1.91. The molecule has 2 aromatic heterocycles. The van der Waals surface area contributed by atoms with Crippen LogP contribution < -0.4 is 11.1 Å². The van der Waals surface area contributed by atoms with Crippen LogP contribution in [0.1, 0.15) is 0 Å². The van der Waals surface area contributed by atoms with Gasteiger partial charge >= 0.3 is 0 Å². The van der Waals surface area contributed by atoms with E-state index in [0.29, 0.717) is 10.8 Å². The van der Waals surface area contributed by atoms with Gasteiger partial charge in [0.25, 0.3) is 11.1 Å². The molecule has 0 radical (unpaired) electrons. The van der Waals surface area contributed by atoms with Crippen molar-refractivity contribution in [1.82, 2.24) is 19.9 Å². The van der Waals surface area contributed by atoms with Gasteiger partial charge in [0, 0.05) is 0 Å². The molecular formula is C16H12N4O2. The van der Waals surface area contributed by atoms with Crippen molar-refractivity contribution in [2.24, 2.45) is 0 Å². The van der Waals surface area contributed by atoms with Gasteiger partial charge in [-0.15, -0.1) is 0 Å². The Kier molecular flexibility index (Phi) is 3.74. The maximum absolute atomic E-state index is 11.1. The first kappa shape index (κ1) is 13.7. The molecule has 2 aromatic carbocycles. The van der Waals surface area contributed by atoms with Crippen LogP contribution in [-0.4, -0.2) is 19.9 Å². The molecule has 2 heterocycles. The number of benzene rings is 2. The number of rotatable bonds is 0. The Morgan fingerprint density at radius 3 is 1.45 bits per heavy atom. The number of hydrogen-bond donors (Lipinski definition) is 2. The van der Waals surface area contributed by atoms with Gasteiger partial charge in [0.05, 0.1) is 34.5 Å². The smallest absolute Gasteiger partial charge is 0.258 e. The first-order valence-electron chi connectivity index (χ1n) is 6.60. The number of H-pyrrole nitrogens is 2. The summed E-state index contributed by atoms with van der Waals surface area (Å²) < 4.78 is 0. The van der Waals surface area contributed by atoms with E-state index in [-0.39, 0.29) is 11.1 Å². The topological polar surface area (TPSA) is 91.5 Å². The third kappa shape index (κ3) is 2.76. The molecule has 0 atom stereocenters. The minimum Gasteiger partial charge on any atom is -0.313 e. The summed E-state index contributed by atoms with van der Waals surface area (Å²) in [4.78, 5) is 35.2. The van der Waals surface area contributed by atoms with E-state index in [9.17, 15) is 9.59 Å².